The highest BCUT2D eigenvalue weighted by Gasteiger charge is 2.24. The number of piperidine rings is 1. The first kappa shape index (κ1) is 16.8. The molecule has 2 atom stereocenters. The van der Waals surface area contributed by atoms with Gasteiger partial charge in [0.25, 0.3) is 0 Å². The number of amides is 1. The summed E-state index contributed by atoms with van der Waals surface area (Å²) >= 11 is 0. The van der Waals surface area contributed by atoms with E-state index in [9.17, 15) is 4.79 Å². The minimum atomic E-state index is 0. The van der Waals surface area contributed by atoms with Crippen LogP contribution in [0.1, 0.15) is 25.3 Å². The SMILES string of the molecule is COc1ccc(CNC(=O)[C@H]2CCN[C@@H](C)C2)cc1.Cl. The van der Waals surface area contributed by atoms with E-state index in [0.29, 0.717) is 12.6 Å². The molecule has 1 saturated heterocycles. The average molecular weight is 299 g/mol. The average Bonchev–Trinajstić information content (AvgIpc) is 2.45. The zero-order valence-corrected chi connectivity index (χ0v) is 12.8. The maximum atomic E-state index is 12.1. The van der Waals surface area contributed by atoms with Crippen LogP contribution in [-0.2, 0) is 11.3 Å². The fourth-order valence-corrected chi connectivity index (χ4v) is 2.45. The molecular weight excluding hydrogens is 276 g/mol. The Kier molecular flexibility index (Phi) is 6.82. The summed E-state index contributed by atoms with van der Waals surface area (Å²) in [4.78, 5) is 12.1. The quantitative estimate of drug-likeness (QED) is 0.895. The van der Waals surface area contributed by atoms with Crippen LogP contribution in [0, 0.1) is 5.92 Å². The lowest BCUT2D eigenvalue weighted by Crippen LogP contribution is -2.42. The Hall–Kier alpha value is -1.26. The van der Waals surface area contributed by atoms with Crippen molar-refractivity contribution in [2.45, 2.75) is 32.4 Å². The number of carbonyl (C=O) groups is 1. The Balaban J connectivity index is 0.00000200. The summed E-state index contributed by atoms with van der Waals surface area (Å²) in [6, 6.07) is 8.21. The van der Waals surface area contributed by atoms with E-state index in [2.05, 4.69) is 17.6 Å². The Morgan fingerprint density at radius 3 is 2.70 bits per heavy atom. The van der Waals surface area contributed by atoms with E-state index < -0.39 is 0 Å². The van der Waals surface area contributed by atoms with E-state index in [4.69, 9.17) is 4.74 Å². The molecule has 5 heteroatoms. The normalized spacial score (nSPS) is 21.7. The monoisotopic (exact) mass is 298 g/mol. The number of halogens is 1. The Bertz CT molecular complexity index is 422. The molecule has 1 aliphatic rings. The number of ether oxygens (including phenoxy) is 1. The topological polar surface area (TPSA) is 50.4 Å². The standard InChI is InChI=1S/C15H22N2O2.ClH/c1-11-9-13(7-8-16-11)15(18)17-10-12-3-5-14(19-2)6-4-12;/h3-6,11,13,16H,7-10H2,1-2H3,(H,17,18);1H/t11-,13-;/m0./s1. The summed E-state index contributed by atoms with van der Waals surface area (Å²) in [6.07, 6.45) is 1.85. The number of nitrogens with one attached hydrogen (secondary N) is 2. The first-order valence-electron chi connectivity index (χ1n) is 6.83. The van der Waals surface area contributed by atoms with Gasteiger partial charge in [0.15, 0.2) is 0 Å². The van der Waals surface area contributed by atoms with Gasteiger partial charge >= 0.3 is 0 Å². The maximum absolute atomic E-state index is 12.1. The van der Waals surface area contributed by atoms with Crippen LogP contribution in [-0.4, -0.2) is 25.6 Å². The molecule has 0 saturated carbocycles. The summed E-state index contributed by atoms with van der Waals surface area (Å²) in [5.74, 6) is 1.15. The molecule has 1 aromatic rings. The predicted octanol–water partition coefficient (Wildman–Crippen LogP) is 2.12. The summed E-state index contributed by atoms with van der Waals surface area (Å²) in [6.45, 7) is 3.64. The van der Waals surface area contributed by atoms with E-state index in [1.54, 1.807) is 7.11 Å². The van der Waals surface area contributed by atoms with Crippen LogP contribution in [0.4, 0.5) is 0 Å². The Labute approximate surface area is 126 Å². The van der Waals surface area contributed by atoms with Crippen molar-refractivity contribution >= 4 is 18.3 Å². The second-order valence-corrected chi connectivity index (χ2v) is 5.14. The predicted molar refractivity (Wildman–Crippen MR) is 82.3 cm³/mol. The summed E-state index contributed by atoms with van der Waals surface area (Å²) in [7, 11) is 1.65. The van der Waals surface area contributed by atoms with Gasteiger partial charge in [-0.3, -0.25) is 4.79 Å². The van der Waals surface area contributed by atoms with Crippen molar-refractivity contribution in [2.75, 3.05) is 13.7 Å². The molecule has 1 aliphatic heterocycles. The molecule has 0 spiro atoms. The van der Waals surface area contributed by atoms with E-state index in [0.717, 1.165) is 30.7 Å². The molecular formula is C15H23ClN2O2. The zero-order chi connectivity index (χ0) is 13.7. The minimum Gasteiger partial charge on any atom is -0.497 e. The molecule has 20 heavy (non-hydrogen) atoms. The van der Waals surface area contributed by atoms with Gasteiger partial charge in [-0.25, -0.2) is 0 Å². The van der Waals surface area contributed by atoms with Crippen LogP contribution in [0.2, 0.25) is 0 Å². The maximum Gasteiger partial charge on any atom is 0.223 e. The molecule has 2 N–H and O–H groups in total. The van der Waals surface area contributed by atoms with Crippen LogP contribution >= 0.6 is 12.4 Å². The highest BCUT2D eigenvalue weighted by molar-refractivity contribution is 5.85. The molecule has 0 bridgehead atoms. The van der Waals surface area contributed by atoms with E-state index >= 15 is 0 Å². The van der Waals surface area contributed by atoms with Crippen LogP contribution < -0.4 is 15.4 Å². The highest BCUT2D eigenvalue weighted by atomic mass is 35.5. The van der Waals surface area contributed by atoms with E-state index in [-0.39, 0.29) is 24.2 Å². The van der Waals surface area contributed by atoms with Gasteiger partial charge in [0.2, 0.25) is 5.91 Å². The van der Waals surface area contributed by atoms with Crippen LogP contribution in [0.15, 0.2) is 24.3 Å². The number of hydrogen-bond acceptors (Lipinski definition) is 3. The van der Waals surface area contributed by atoms with Gasteiger partial charge in [-0.05, 0) is 44.0 Å². The summed E-state index contributed by atoms with van der Waals surface area (Å²) < 4.78 is 5.11. The van der Waals surface area contributed by atoms with Crippen molar-refractivity contribution in [3.63, 3.8) is 0 Å². The van der Waals surface area contributed by atoms with Gasteiger partial charge in [0.05, 0.1) is 7.11 Å². The Morgan fingerprint density at radius 1 is 1.40 bits per heavy atom. The van der Waals surface area contributed by atoms with Crippen molar-refractivity contribution in [1.29, 1.82) is 0 Å². The smallest absolute Gasteiger partial charge is 0.223 e. The van der Waals surface area contributed by atoms with Crippen molar-refractivity contribution in [3.8, 4) is 5.75 Å². The number of methoxy groups -OCH3 is 1. The zero-order valence-electron chi connectivity index (χ0n) is 12.0. The highest BCUT2D eigenvalue weighted by Crippen LogP contribution is 2.16. The van der Waals surface area contributed by atoms with Crippen LogP contribution in [0.5, 0.6) is 5.75 Å². The van der Waals surface area contributed by atoms with Crippen molar-refractivity contribution in [3.05, 3.63) is 29.8 Å². The fourth-order valence-electron chi connectivity index (χ4n) is 2.45. The lowest BCUT2D eigenvalue weighted by Gasteiger charge is -2.27. The molecule has 112 valence electrons. The van der Waals surface area contributed by atoms with E-state index in [1.807, 2.05) is 24.3 Å². The molecule has 0 aliphatic carbocycles. The second-order valence-electron chi connectivity index (χ2n) is 5.14. The molecule has 1 aromatic carbocycles. The van der Waals surface area contributed by atoms with Gasteiger partial charge in [-0.15, -0.1) is 12.4 Å². The number of hydrogen-bond donors (Lipinski definition) is 2. The van der Waals surface area contributed by atoms with Gasteiger partial charge in [-0.1, -0.05) is 12.1 Å². The third-order valence-corrected chi connectivity index (χ3v) is 3.62. The third-order valence-electron chi connectivity index (χ3n) is 3.62. The minimum absolute atomic E-state index is 0. The third kappa shape index (κ3) is 4.69. The molecule has 1 fully saturated rings. The van der Waals surface area contributed by atoms with Crippen molar-refractivity contribution < 1.29 is 9.53 Å². The number of benzene rings is 1. The molecule has 2 rings (SSSR count). The molecule has 0 radical (unpaired) electrons. The number of rotatable bonds is 4. The second kappa shape index (κ2) is 8.12. The molecule has 1 heterocycles. The molecule has 1 amide bonds. The van der Waals surface area contributed by atoms with Gasteiger partial charge in [0.1, 0.15) is 5.75 Å². The Morgan fingerprint density at radius 2 is 2.10 bits per heavy atom. The van der Waals surface area contributed by atoms with Crippen LogP contribution in [0.25, 0.3) is 0 Å². The molecule has 4 nitrogen and oxygen atoms in total. The van der Waals surface area contributed by atoms with Crippen molar-refractivity contribution in [1.82, 2.24) is 10.6 Å². The van der Waals surface area contributed by atoms with E-state index in [1.165, 1.54) is 0 Å². The van der Waals surface area contributed by atoms with Gasteiger partial charge in [-0.2, -0.15) is 0 Å². The molecule has 0 aromatic heterocycles. The summed E-state index contributed by atoms with van der Waals surface area (Å²) in [5.41, 5.74) is 1.09. The molecule has 0 unspecified atom stereocenters. The summed E-state index contributed by atoms with van der Waals surface area (Å²) in [5, 5.41) is 6.38. The van der Waals surface area contributed by atoms with Crippen LogP contribution in [0.3, 0.4) is 0 Å². The largest absolute Gasteiger partial charge is 0.497 e. The van der Waals surface area contributed by atoms with Gasteiger partial charge < -0.3 is 15.4 Å². The fraction of sp³-hybridized carbons (Fsp3) is 0.533. The first-order valence-corrected chi connectivity index (χ1v) is 6.83. The lowest BCUT2D eigenvalue weighted by molar-refractivity contribution is -0.126. The van der Waals surface area contributed by atoms with Crippen molar-refractivity contribution in [2.24, 2.45) is 5.92 Å². The van der Waals surface area contributed by atoms with Gasteiger partial charge in [0, 0.05) is 18.5 Å². The first-order chi connectivity index (χ1) is 9.19. The number of carbonyl (C=O) groups excluding carboxylic acids is 1. The lowest BCUT2D eigenvalue weighted by atomic mass is 9.92.